The number of nitrogens with one attached hydrogen (secondary N) is 1. The molecule has 1 fully saturated rings. The van der Waals surface area contributed by atoms with Crippen LogP contribution in [0.2, 0.25) is 0 Å². The van der Waals surface area contributed by atoms with E-state index in [0.29, 0.717) is 5.92 Å². The number of benzene rings is 1. The Hall–Kier alpha value is -1.39. The predicted octanol–water partition coefficient (Wildman–Crippen LogP) is 1.98. The zero-order valence-corrected chi connectivity index (χ0v) is 13.4. The van der Waals surface area contributed by atoms with Crippen LogP contribution in [0.1, 0.15) is 30.9 Å². The van der Waals surface area contributed by atoms with Crippen molar-refractivity contribution in [1.29, 1.82) is 0 Å². The average molecular weight is 302 g/mol. The van der Waals surface area contributed by atoms with Gasteiger partial charge < -0.3 is 15.0 Å². The third kappa shape index (κ3) is 3.50. The molecule has 22 heavy (non-hydrogen) atoms. The van der Waals surface area contributed by atoms with Crippen molar-refractivity contribution in [1.82, 2.24) is 10.2 Å². The molecule has 1 aromatic carbocycles. The van der Waals surface area contributed by atoms with Gasteiger partial charge in [0, 0.05) is 26.2 Å². The minimum absolute atomic E-state index is 0.0688. The number of ether oxygens (including phenoxy) is 1. The van der Waals surface area contributed by atoms with Crippen LogP contribution >= 0.6 is 0 Å². The Morgan fingerprint density at radius 3 is 3.00 bits per heavy atom. The van der Waals surface area contributed by atoms with Crippen LogP contribution in [0.15, 0.2) is 24.3 Å². The van der Waals surface area contributed by atoms with Crippen LogP contribution in [0, 0.1) is 5.92 Å². The number of rotatable bonds is 4. The molecule has 3 rings (SSSR count). The molecule has 2 aliphatic heterocycles. The molecule has 0 aliphatic carbocycles. The number of amides is 1. The highest BCUT2D eigenvalue weighted by molar-refractivity contribution is 5.82. The predicted molar refractivity (Wildman–Crippen MR) is 86.6 cm³/mol. The summed E-state index contributed by atoms with van der Waals surface area (Å²) < 4.78 is 5.54. The standard InChI is InChI=1S/C18H26N2O2/c1-2-22-13-14-6-5-9-20(12-14)18(21)17-10-15-7-3-4-8-16(15)11-19-17/h3-4,7-8,14,17,19H,2,5-6,9-13H2,1H3/t14-,17-/m1/s1. The van der Waals surface area contributed by atoms with Gasteiger partial charge >= 0.3 is 0 Å². The number of fused-ring (bicyclic) bond motifs is 1. The second-order valence-corrected chi connectivity index (χ2v) is 6.36. The van der Waals surface area contributed by atoms with Crippen molar-refractivity contribution >= 4 is 5.91 Å². The summed E-state index contributed by atoms with van der Waals surface area (Å²) in [4.78, 5) is 14.8. The van der Waals surface area contributed by atoms with Crippen LogP contribution in [-0.2, 0) is 22.5 Å². The third-order valence-electron chi connectivity index (χ3n) is 4.77. The number of carbonyl (C=O) groups excluding carboxylic acids is 1. The smallest absolute Gasteiger partial charge is 0.240 e. The Labute approximate surface area is 132 Å². The van der Waals surface area contributed by atoms with Crippen molar-refractivity contribution in [2.24, 2.45) is 5.92 Å². The maximum absolute atomic E-state index is 12.8. The minimum Gasteiger partial charge on any atom is -0.381 e. The Balaban J connectivity index is 1.60. The Morgan fingerprint density at radius 2 is 2.18 bits per heavy atom. The molecule has 1 amide bonds. The number of piperidine rings is 1. The molecule has 1 saturated heterocycles. The van der Waals surface area contributed by atoms with Crippen LogP contribution in [-0.4, -0.2) is 43.2 Å². The van der Waals surface area contributed by atoms with Gasteiger partial charge in [-0.1, -0.05) is 24.3 Å². The number of carbonyl (C=O) groups is 1. The summed E-state index contributed by atoms with van der Waals surface area (Å²) in [5, 5.41) is 3.41. The van der Waals surface area contributed by atoms with E-state index in [0.717, 1.165) is 45.7 Å². The van der Waals surface area contributed by atoms with Crippen LogP contribution in [0.3, 0.4) is 0 Å². The van der Waals surface area contributed by atoms with Crippen molar-refractivity contribution in [2.75, 3.05) is 26.3 Å². The van der Waals surface area contributed by atoms with Crippen molar-refractivity contribution in [3.8, 4) is 0 Å². The lowest BCUT2D eigenvalue weighted by Gasteiger charge is -2.36. The summed E-state index contributed by atoms with van der Waals surface area (Å²) in [5.74, 6) is 0.754. The number of likely N-dealkylation sites (tertiary alicyclic amines) is 1. The van der Waals surface area contributed by atoms with Crippen molar-refractivity contribution in [2.45, 2.75) is 38.8 Å². The van der Waals surface area contributed by atoms with Crippen LogP contribution < -0.4 is 5.32 Å². The van der Waals surface area contributed by atoms with E-state index in [9.17, 15) is 4.79 Å². The van der Waals surface area contributed by atoms with E-state index in [1.165, 1.54) is 17.5 Å². The summed E-state index contributed by atoms with van der Waals surface area (Å²) in [5.41, 5.74) is 2.63. The molecule has 0 unspecified atom stereocenters. The lowest BCUT2D eigenvalue weighted by atomic mass is 9.93. The molecule has 2 aliphatic rings. The molecular weight excluding hydrogens is 276 g/mol. The molecule has 4 nitrogen and oxygen atoms in total. The highest BCUT2D eigenvalue weighted by Crippen LogP contribution is 2.21. The first-order chi connectivity index (χ1) is 10.8. The van der Waals surface area contributed by atoms with E-state index in [4.69, 9.17) is 4.74 Å². The molecule has 1 N–H and O–H groups in total. The molecule has 2 atom stereocenters. The fourth-order valence-corrected chi connectivity index (χ4v) is 3.54. The average Bonchev–Trinajstić information content (AvgIpc) is 2.59. The summed E-state index contributed by atoms with van der Waals surface area (Å²) >= 11 is 0. The quantitative estimate of drug-likeness (QED) is 0.924. The monoisotopic (exact) mass is 302 g/mol. The van der Waals surface area contributed by atoms with E-state index in [2.05, 4.69) is 29.6 Å². The zero-order valence-electron chi connectivity index (χ0n) is 13.4. The summed E-state index contributed by atoms with van der Waals surface area (Å²) in [6.45, 7) is 6.09. The Bertz CT molecular complexity index is 518. The third-order valence-corrected chi connectivity index (χ3v) is 4.77. The maximum Gasteiger partial charge on any atom is 0.240 e. The number of nitrogens with zero attached hydrogens (tertiary/aromatic N) is 1. The van der Waals surface area contributed by atoms with Crippen molar-refractivity contribution < 1.29 is 9.53 Å². The molecule has 2 heterocycles. The van der Waals surface area contributed by atoms with Crippen LogP contribution in [0.5, 0.6) is 0 Å². The molecule has 0 aromatic heterocycles. The van der Waals surface area contributed by atoms with Crippen LogP contribution in [0.25, 0.3) is 0 Å². The van der Waals surface area contributed by atoms with Gasteiger partial charge in [0.25, 0.3) is 0 Å². The van der Waals surface area contributed by atoms with Gasteiger partial charge in [0.15, 0.2) is 0 Å². The van der Waals surface area contributed by atoms with E-state index in [1.807, 2.05) is 11.8 Å². The van der Waals surface area contributed by atoms with Gasteiger partial charge in [-0.2, -0.15) is 0 Å². The van der Waals surface area contributed by atoms with Crippen molar-refractivity contribution in [3.63, 3.8) is 0 Å². The summed E-state index contributed by atoms with van der Waals surface area (Å²) in [6.07, 6.45) is 3.07. The fraction of sp³-hybridized carbons (Fsp3) is 0.611. The second-order valence-electron chi connectivity index (χ2n) is 6.36. The lowest BCUT2D eigenvalue weighted by Crippen LogP contribution is -2.52. The van der Waals surface area contributed by atoms with E-state index in [1.54, 1.807) is 0 Å². The Kier molecular flexibility index (Phi) is 5.11. The van der Waals surface area contributed by atoms with Gasteiger partial charge in [-0.15, -0.1) is 0 Å². The molecule has 0 radical (unpaired) electrons. The van der Waals surface area contributed by atoms with E-state index < -0.39 is 0 Å². The SMILES string of the molecule is CCOC[C@@H]1CCCN(C(=O)[C@H]2Cc3ccccc3CN2)C1. The first-order valence-electron chi connectivity index (χ1n) is 8.44. The van der Waals surface area contributed by atoms with Gasteiger partial charge in [0.1, 0.15) is 0 Å². The molecule has 4 heteroatoms. The topological polar surface area (TPSA) is 41.6 Å². The summed E-state index contributed by atoms with van der Waals surface area (Å²) in [6, 6.07) is 8.34. The zero-order chi connectivity index (χ0) is 15.4. The van der Waals surface area contributed by atoms with Gasteiger partial charge in [0.05, 0.1) is 12.6 Å². The first-order valence-corrected chi connectivity index (χ1v) is 8.44. The van der Waals surface area contributed by atoms with Crippen molar-refractivity contribution in [3.05, 3.63) is 35.4 Å². The normalized spacial score (nSPS) is 24.9. The van der Waals surface area contributed by atoms with Gasteiger partial charge in [0.2, 0.25) is 5.91 Å². The number of hydrogen-bond donors (Lipinski definition) is 1. The van der Waals surface area contributed by atoms with Gasteiger partial charge in [-0.05, 0) is 43.2 Å². The molecule has 1 aromatic rings. The molecule has 0 bridgehead atoms. The number of hydrogen-bond acceptors (Lipinski definition) is 3. The molecule has 0 saturated carbocycles. The Morgan fingerprint density at radius 1 is 1.36 bits per heavy atom. The minimum atomic E-state index is -0.0688. The molecule has 0 spiro atoms. The lowest BCUT2D eigenvalue weighted by molar-refractivity contribution is -0.136. The highest BCUT2D eigenvalue weighted by Gasteiger charge is 2.30. The van der Waals surface area contributed by atoms with Gasteiger partial charge in [-0.3, -0.25) is 4.79 Å². The summed E-state index contributed by atoms with van der Waals surface area (Å²) in [7, 11) is 0. The van der Waals surface area contributed by atoms with E-state index >= 15 is 0 Å². The van der Waals surface area contributed by atoms with Gasteiger partial charge in [-0.25, -0.2) is 0 Å². The second kappa shape index (κ2) is 7.25. The highest BCUT2D eigenvalue weighted by atomic mass is 16.5. The molecule has 120 valence electrons. The van der Waals surface area contributed by atoms with Crippen LogP contribution in [0.4, 0.5) is 0 Å². The van der Waals surface area contributed by atoms with E-state index in [-0.39, 0.29) is 11.9 Å². The largest absolute Gasteiger partial charge is 0.381 e. The molecular formula is C18H26N2O2. The first kappa shape index (κ1) is 15.5. The fourth-order valence-electron chi connectivity index (χ4n) is 3.54. The maximum atomic E-state index is 12.8.